The SMILES string of the molecule is CCCc1cc(O)c(O)cc1C1OC(=O)c2ccccc21. The Morgan fingerprint density at radius 1 is 1.10 bits per heavy atom. The molecular weight excluding hydrogens is 268 g/mol. The van der Waals surface area contributed by atoms with E-state index in [1.807, 2.05) is 19.1 Å². The third kappa shape index (κ3) is 2.23. The standard InChI is InChI=1S/C17H16O4/c1-2-5-10-8-14(18)15(19)9-13(10)16-11-6-3-4-7-12(11)17(20)21-16/h3-4,6-9,16,18-19H,2,5H2,1H3. The number of ether oxygens (including phenoxy) is 1. The summed E-state index contributed by atoms with van der Waals surface area (Å²) in [6.45, 7) is 2.03. The fraction of sp³-hybridized carbons (Fsp3) is 0.235. The molecule has 0 bridgehead atoms. The Balaban J connectivity index is 2.13. The Labute approximate surface area is 122 Å². The molecule has 0 aromatic heterocycles. The lowest BCUT2D eigenvalue weighted by atomic mass is 9.93. The average molecular weight is 284 g/mol. The maximum Gasteiger partial charge on any atom is 0.339 e. The fourth-order valence-electron chi connectivity index (χ4n) is 2.74. The number of carbonyl (C=O) groups excluding carboxylic acids is 1. The van der Waals surface area contributed by atoms with Gasteiger partial charge in [-0.25, -0.2) is 4.79 Å². The van der Waals surface area contributed by atoms with Gasteiger partial charge in [-0.3, -0.25) is 0 Å². The first-order valence-corrected chi connectivity index (χ1v) is 6.96. The van der Waals surface area contributed by atoms with Gasteiger partial charge in [0.15, 0.2) is 17.6 Å². The van der Waals surface area contributed by atoms with E-state index in [1.165, 1.54) is 6.07 Å². The largest absolute Gasteiger partial charge is 0.504 e. The first-order chi connectivity index (χ1) is 10.1. The third-order valence-electron chi connectivity index (χ3n) is 3.73. The Hall–Kier alpha value is -2.49. The first-order valence-electron chi connectivity index (χ1n) is 6.96. The third-order valence-corrected chi connectivity index (χ3v) is 3.73. The Bertz CT molecular complexity index is 706. The smallest absolute Gasteiger partial charge is 0.339 e. The summed E-state index contributed by atoms with van der Waals surface area (Å²) in [5.41, 5.74) is 2.95. The van der Waals surface area contributed by atoms with Crippen molar-refractivity contribution in [2.45, 2.75) is 25.9 Å². The predicted molar refractivity (Wildman–Crippen MR) is 77.5 cm³/mol. The van der Waals surface area contributed by atoms with Crippen LogP contribution in [0.5, 0.6) is 11.5 Å². The van der Waals surface area contributed by atoms with Crippen LogP contribution in [0.4, 0.5) is 0 Å². The molecule has 1 heterocycles. The van der Waals surface area contributed by atoms with Crippen molar-refractivity contribution in [2.24, 2.45) is 0 Å². The summed E-state index contributed by atoms with van der Waals surface area (Å²) in [6, 6.07) is 10.3. The summed E-state index contributed by atoms with van der Waals surface area (Å²) in [7, 11) is 0. The highest BCUT2D eigenvalue weighted by Crippen LogP contribution is 2.40. The molecule has 0 aliphatic carbocycles. The van der Waals surface area contributed by atoms with Gasteiger partial charge in [0.25, 0.3) is 0 Å². The number of rotatable bonds is 3. The van der Waals surface area contributed by atoms with Gasteiger partial charge in [-0.15, -0.1) is 0 Å². The highest BCUT2D eigenvalue weighted by Gasteiger charge is 2.33. The van der Waals surface area contributed by atoms with Crippen molar-refractivity contribution in [3.8, 4) is 11.5 Å². The number of phenols is 2. The van der Waals surface area contributed by atoms with Gasteiger partial charge in [0.2, 0.25) is 0 Å². The fourth-order valence-corrected chi connectivity index (χ4v) is 2.74. The van der Waals surface area contributed by atoms with Crippen LogP contribution in [0.15, 0.2) is 36.4 Å². The van der Waals surface area contributed by atoms with Crippen LogP contribution < -0.4 is 0 Å². The zero-order valence-corrected chi connectivity index (χ0v) is 11.7. The highest BCUT2D eigenvalue weighted by atomic mass is 16.5. The molecule has 2 aromatic rings. The van der Waals surface area contributed by atoms with Gasteiger partial charge < -0.3 is 14.9 Å². The molecular formula is C17H16O4. The molecule has 0 fully saturated rings. The van der Waals surface area contributed by atoms with Gasteiger partial charge in [0, 0.05) is 11.1 Å². The molecule has 3 rings (SSSR count). The summed E-state index contributed by atoms with van der Waals surface area (Å²) in [5.74, 6) is -0.712. The van der Waals surface area contributed by atoms with Gasteiger partial charge in [-0.1, -0.05) is 31.5 Å². The molecule has 1 aliphatic heterocycles. The monoisotopic (exact) mass is 284 g/mol. The van der Waals surface area contributed by atoms with Gasteiger partial charge >= 0.3 is 5.97 Å². The number of fused-ring (bicyclic) bond motifs is 1. The lowest BCUT2D eigenvalue weighted by Gasteiger charge is -2.17. The molecule has 1 aliphatic rings. The van der Waals surface area contributed by atoms with Crippen molar-refractivity contribution in [1.82, 2.24) is 0 Å². The molecule has 0 saturated carbocycles. The number of cyclic esters (lactones) is 1. The normalized spacial score (nSPS) is 16.6. The number of carbonyl (C=O) groups is 1. The maximum absolute atomic E-state index is 11.9. The summed E-state index contributed by atoms with van der Waals surface area (Å²) in [4.78, 5) is 11.9. The van der Waals surface area contributed by atoms with Crippen LogP contribution in [0, 0.1) is 0 Å². The lowest BCUT2D eigenvalue weighted by Crippen LogP contribution is -2.05. The van der Waals surface area contributed by atoms with E-state index in [0.29, 0.717) is 5.56 Å². The van der Waals surface area contributed by atoms with Crippen molar-refractivity contribution >= 4 is 5.97 Å². The van der Waals surface area contributed by atoms with Gasteiger partial charge in [0.1, 0.15) is 0 Å². The van der Waals surface area contributed by atoms with Crippen molar-refractivity contribution in [3.63, 3.8) is 0 Å². The minimum Gasteiger partial charge on any atom is -0.504 e. The molecule has 0 amide bonds. The van der Waals surface area contributed by atoms with Crippen LogP contribution in [0.25, 0.3) is 0 Å². The Morgan fingerprint density at radius 2 is 1.81 bits per heavy atom. The highest BCUT2D eigenvalue weighted by molar-refractivity contribution is 5.94. The van der Waals surface area contributed by atoms with Gasteiger partial charge in [0.05, 0.1) is 5.56 Å². The van der Waals surface area contributed by atoms with E-state index >= 15 is 0 Å². The topological polar surface area (TPSA) is 66.8 Å². The molecule has 1 atom stereocenters. The van der Waals surface area contributed by atoms with Crippen molar-refractivity contribution in [3.05, 3.63) is 58.7 Å². The number of benzene rings is 2. The molecule has 2 aromatic carbocycles. The second-order valence-electron chi connectivity index (χ2n) is 5.16. The van der Waals surface area contributed by atoms with Crippen LogP contribution in [0.3, 0.4) is 0 Å². The summed E-state index contributed by atoms with van der Waals surface area (Å²) in [5, 5.41) is 19.5. The first kappa shape index (κ1) is 13.5. The van der Waals surface area contributed by atoms with Crippen molar-refractivity contribution in [2.75, 3.05) is 0 Å². The average Bonchev–Trinajstić information content (AvgIpc) is 2.81. The van der Waals surface area contributed by atoms with Crippen LogP contribution in [-0.4, -0.2) is 16.2 Å². The van der Waals surface area contributed by atoms with Crippen LogP contribution in [-0.2, 0) is 11.2 Å². The molecule has 2 N–H and O–H groups in total. The molecule has 4 nitrogen and oxygen atoms in total. The number of aryl methyl sites for hydroxylation is 1. The number of aromatic hydroxyl groups is 2. The Morgan fingerprint density at radius 3 is 2.57 bits per heavy atom. The summed E-state index contributed by atoms with van der Waals surface area (Å²) < 4.78 is 5.47. The quantitative estimate of drug-likeness (QED) is 0.670. The zero-order chi connectivity index (χ0) is 15.0. The summed E-state index contributed by atoms with van der Waals surface area (Å²) in [6.07, 6.45) is 1.10. The molecule has 0 saturated heterocycles. The van der Waals surface area contributed by atoms with Crippen LogP contribution >= 0.6 is 0 Å². The van der Waals surface area contributed by atoms with E-state index in [2.05, 4.69) is 0 Å². The maximum atomic E-state index is 11.9. The minimum atomic E-state index is -0.526. The van der Waals surface area contributed by atoms with Crippen LogP contribution in [0.1, 0.15) is 46.5 Å². The van der Waals surface area contributed by atoms with Gasteiger partial charge in [-0.05, 0) is 30.2 Å². The number of esters is 1. The molecule has 4 heteroatoms. The van der Waals surface area contributed by atoms with E-state index in [0.717, 1.165) is 29.5 Å². The van der Waals surface area contributed by atoms with Gasteiger partial charge in [-0.2, -0.15) is 0 Å². The van der Waals surface area contributed by atoms with Crippen molar-refractivity contribution in [1.29, 1.82) is 0 Å². The lowest BCUT2D eigenvalue weighted by molar-refractivity contribution is 0.0454. The molecule has 21 heavy (non-hydrogen) atoms. The number of hydrogen-bond acceptors (Lipinski definition) is 4. The molecule has 0 radical (unpaired) electrons. The predicted octanol–water partition coefficient (Wildman–Crippen LogP) is 3.31. The van der Waals surface area contributed by atoms with Crippen LogP contribution in [0.2, 0.25) is 0 Å². The molecule has 0 spiro atoms. The minimum absolute atomic E-state index is 0.153. The molecule has 1 unspecified atom stereocenters. The van der Waals surface area contributed by atoms with E-state index < -0.39 is 6.10 Å². The number of hydrogen-bond donors (Lipinski definition) is 2. The second kappa shape index (κ2) is 5.13. The zero-order valence-electron chi connectivity index (χ0n) is 11.7. The molecule has 108 valence electrons. The Kier molecular flexibility index (Phi) is 3.29. The van der Waals surface area contributed by atoms with E-state index in [1.54, 1.807) is 18.2 Å². The van der Waals surface area contributed by atoms with E-state index in [-0.39, 0.29) is 17.5 Å². The van der Waals surface area contributed by atoms with Crippen molar-refractivity contribution < 1.29 is 19.7 Å². The number of phenolic OH excluding ortho intramolecular Hbond substituents is 2. The second-order valence-corrected chi connectivity index (χ2v) is 5.16. The van der Waals surface area contributed by atoms with E-state index in [4.69, 9.17) is 4.74 Å². The summed E-state index contributed by atoms with van der Waals surface area (Å²) >= 11 is 0. The van der Waals surface area contributed by atoms with E-state index in [9.17, 15) is 15.0 Å².